The molecule has 0 aliphatic heterocycles. The molecule has 1 heteroatoms. The molecule has 0 amide bonds. The molecular formula is C7H7S+. The van der Waals surface area contributed by atoms with E-state index in [-0.39, 0.29) is 0 Å². The fourth-order valence-corrected chi connectivity index (χ4v) is 0.738. The van der Waals surface area contributed by atoms with Gasteiger partial charge in [-0.05, 0) is 0 Å². The molecule has 0 N–H and O–H groups in total. The van der Waals surface area contributed by atoms with Crippen molar-refractivity contribution in [3.63, 3.8) is 0 Å². The zero-order valence-corrected chi connectivity index (χ0v) is 5.36. The molecule has 0 atom stereocenters. The Morgan fingerprint density at radius 1 is 1.62 bits per heavy atom. The van der Waals surface area contributed by atoms with Gasteiger partial charge in [0.15, 0.2) is 0 Å². The predicted octanol–water partition coefficient (Wildman–Crippen LogP) is 1.77. The Morgan fingerprint density at radius 3 is 2.88 bits per heavy atom. The minimum absolute atomic E-state index is 0.814. The Balaban J connectivity index is 2.68. The van der Waals surface area contributed by atoms with Crippen molar-refractivity contribution in [3.05, 3.63) is 36.0 Å². The first-order valence-corrected chi connectivity index (χ1v) is 3.12. The summed E-state index contributed by atoms with van der Waals surface area (Å²) in [5.74, 6) is 0.814. The fourth-order valence-electron chi connectivity index (χ4n) is 0.527. The molecule has 40 valence electrons. The number of thiol groups is 1. The maximum Gasteiger partial charge on any atom is 0.103 e. The molecule has 0 radical (unpaired) electrons. The van der Waals surface area contributed by atoms with Crippen molar-refractivity contribution in [2.75, 3.05) is 5.75 Å². The van der Waals surface area contributed by atoms with Crippen LogP contribution in [0.15, 0.2) is 29.9 Å². The minimum atomic E-state index is 0.814. The Labute approximate surface area is 55.0 Å². The highest BCUT2D eigenvalue weighted by Gasteiger charge is 1.96. The molecule has 0 saturated carbocycles. The molecule has 1 rings (SSSR count). The highest BCUT2D eigenvalue weighted by Crippen LogP contribution is 2.03. The van der Waals surface area contributed by atoms with Gasteiger partial charge in [0.1, 0.15) is 12.2 Å². The van der Waals surface area contributed by atoms with Crippen molar-refractivity contribution in [3.8, 4) is 0 Å². The van der Waals surface area contributed by atoms with Crippen molar-refractivity contribution < 1.29 is 0 Å². The van der Waals surface area contributed by atoms with E-state index in [1.165, 1.54) is 5.57 Å². The molecule has 0 bridgehead atoms. The lowest BCUT2D eigenvalue weighted by atomic mass is 10.2. The van der Waals surface area contributed by atoms with Crippen LogP contribution in [-0.4, -0.2) is 5.75 Å². The van der Waals surface area contributed by atoms with Gasteiger partial charge in [0.2, 0.25) is 0 Å². The van der Waals surface area contributed by atoms with Gasteiger partial charge < -0.3 is 0 Å². The average molecular weight is 123 g/mol. The standard InChI is InChI=1S/C7H6S/c8-6-7-4-2-1-3-5-7/h2-5H,6H2/p+1. The van der Waals surface area contributed by atoms with Crippen molar-refractivity contribution in [2.45, 2.75) is 0 Å². The van der Waals surface area contributed by atoms with Crippen LogP contribution < -0.4 is 0 Å². The van der Waals surface area contributed by atoms with Crippen LogP contribution in [0.1, 0.15) is 0 Å². The number of hydrogen-bond donors (Lipinski definition) is 1. The largest absolute Gasteiger partial charge is 0.172 e. The normalized spacial score (nSPS) is 15.4. The van der Waals surface area contributed by atoms with Crippen molar-refractivity contribution in [1.29, 1.82) is 0 Å². The van der Waals surface area contributed by atoms with Gasteiger partial charge in [-0.1, -0.05) is 0 Å². The Morgan fingerprint density at radius 2 is 2.50 bits per heavy atom. The van der Waals surface area contributed by atoms with Crippen molar-refractivity contribution >= 4 is 12.6 Å². The van der Waals surface area contributed by atoms with Crippen LogP contribution in [0, 0.1) is 6.08 Å². The summed E-state index contributed by atoms with van der Waals surface area (Å²) in [5, 5.41) is 0. The lowest BCUT2D eigenvalue weighted by Gasteiger charge is -1.85. The summed E-state index contributed by atoms with van der Waals surface area (Å²) in [6.07, 6.45) is 10.7. The Hall–Kier alpha value is -0.520. The second-order valence-electron chi connectivity index (χ2n) is 1.57. The first kappa shape index (κ1) is 5.61. The van der Waals surface area contributed by atoms with Gasteiger partial charge in [-0.15, -0.1) is 0 Å². The SMILES string of the molecule is SCC1=CC=[C+]C=C1. The van der Waals surface area contributed by atoms with Gasteiger partial charge in [-0.25, -0.2) is 0 Å². The molecule has 0 fully saturated rings. The third-order valence-electron chi connectivity index (χ3n) is 0.970. The van der Waals surface area contributed by atoms with Crippen LogP contribution in [0.4, 0.5) is 0 Å². The molecule has 1 aliphatic carbocycles. The monoisotopic (exact) mass is 123 g/mol. The van der Waals surface area contributed by atoms with E-state index in [0.29, 0.717) is 0 Å². The number of rotatable bonds is 1. The van der Waals surface area contributed by atoms with Crippen LogP contribution >= 0.6 is 12.6 Å². The zero-order valence-electron chi connectivity index (χ0n) is 4.46. The summed E-state index contributed by atoms with van der Waals surface area (Å²) in [5.41, 5.74) is 1.24. The van der Waals surface area contributed by atoms with Crippen LogP contribution in [0.25, 0.3) is 0 Å². The zero-order chi connectivity index (χ0) is 5.82. The molecule has 0 aromatic heterocycles. The van der Waals surface area contributed by atoms with Crippen LogP contribution in [-0.2, 0) is 0 Å². The smallest absolute Gasteiger partial charge is 0.103 e. The van der Waals surface area contributed by atoms with Gasteiger partial charge in [-0.2, -0.15) is 12.6 Å². The van der Waals surface area contributed by atoms with E-state index in [9.17, 15) is 0 Å². The molecule has 0 aromatic rings. The second-order valence-corrected chi connectivity index (χ2v) is 1.88. The van der Waals surface area contributed by atoms with Gasteiger partial charge in [0, 0.05) is 11.8 Å². The second kappa shape index (κ2) is 2.71. The first-order chi connectivity index (χ1) is 3.93. The summed E-state index contributed by atoms with van der Waals surface area (Å²) in [6.45, 7) is 0. The van der Waals surface area contributed by atoms with E-state index >= 15 is 0 Å². The highest BCUT2D eigenvalue weighted by molar-refractivity contribution is 7.80. The first-order valence-electron chi connectivity index (χ1n) is 2.49. The Kier molecular flexibility index (Phi) is 1.90. The van der Waals surface area contributed by atoms with Crippen LogP contribution in [0.2, 0.25) is 0 Å². The summed E-state index contributed by atoms with van der Waals surface area (Å²) < 4.78 is 0. The topological polar surface area (TPSA) is 0 Å². The van der Waals surface area contributed by atoms with Gasteiger partial charge in [-0.3, -0.25) is 0 Å². The molecule has 8 heavy (non-hydrogen) atoms. The summed E-state index contributed by atoms with van der Waals surface area (Å²) in [6, 6.07) is 0. The molecule has 0 heterocycles. The number of allylic oxidation sites excluding steroid dienone is 5. The maximum absolute atomic E-state index is 4.10. The van der Waals surface area contributed by atoms with Crippen LogP contribution in [0.3, 0.4) is 0 Å². The lowest BCUT2D eigenvalue weighted by molar-refractivity contribution is 1.51. The van der Waals surface area contributed by atoms with E-state index in [0.717, 1.165) is 5.75 Å². The summed E-state index contributed by atoms with van der Waals surface area (Å²) >= 11 is 4.10. The minimum Gasteiger partial charge on any atom is -0.172 e. The summed E-state index contributed by atoms with van der Waals surface area (Å²) in [7, 11) is 0. The van der Waals surface area contributed by atoms with Crippen molar-refractivity contribution in [1.82, 2.24) is 0 Å². The molecular weight excluding hydrogens is 116 g/mol. The van der Waals surface area contributed by atoms with E-state index in [2.05, 4.69) is 18.7 Å². The molecule has 0 unspecified atom stereocenters. The van der Waals surface area contributed by atoms with Gasteiger partial charge >= 0.3 is 0 Å². The van der Waals surface area contributed by atoms with E-state index in [1.54, 1.807) is 0 Å². The van der Waals surface area contributed by atoms with E-state index < -0.39 is 0 Å². The van der Waals surface area contributed by atoms with Gasteiger partial charge in [0.05, 0.1) is 17.7 Å². The third kappa shape index (κ3) is 1.22. The molecule has 0 nitrogen and oxygen atoms in total. The molecule has 0 aromatic carbocycles. The lowest BCUT2D eigenvalue weighted by Crippen LogP contribution is -1.79. The summed E-state index contributed by atoms with van der Waals surface area (Å²) in [4.78, 5) is 0. The molecule has 1 aliphatic rings. The molecule has 0 saturated heterocycles. The quantitative estimate of drug-likeness (QED) is 0.398. The highest BCUT2D eigenvalue weighted by atomic mass is 32.1. The predicted molar refractivity (Wildman–Crippen MR) is 38.9 cm³/mol. The third-order valence-corrected chi connectivity index (χ3v) is 1.33. The Bertz CT molecular complexity index is 152. The maximum atomic E-state index is 4.10. The fraction of sp³-hybridized carbons (Fsp3) is 0.143. The molecule has 0 spiro atoms. The van der Waals surface area contributed by atoms with E-state index in [1.807, 2.05) is 24.3 Å². The van der Waals surface area contributed by atoms with Gasteiger partial charge in [0.25, 0.3) is 0 Å². The average Bonchev–Trinajstić information content (AvgIpc) is 1.90. The van der Waals surface area contributed by atoms with Crippen molar-refractivity contribution in [2.24, 2.45) is 0 Å². The van der Waals surface area contributed by atoms with Crippen LogP contribution in [0.5, 0.6) is 0 Å². The van der Waals surface area contributed by atoms with E-state index in [4.69, 9.17) is 0 Å². The number of hydrogen-bond acceptors (Lipinski definition) is 1.